The topological polar surface area (TPSA) is 27.0 Å². The van der Waals surface area contributed by atoms with Gasteiger partial charge in [0.05, 0.1) is 6.07 Å². The monoisotopic (exact) mass is 426 g/mol. The summed E-state index contributed by atoms with van der Waals surface area (Å²) in [5, 5.41) is 10.5. The van der Waals surface area contributed by atoms with Crippen molar-refractivity contribution in [3.05, 3.63) is 63.6 Å². The molecule has 1 atom stereocenters. The molecule has 1 fully saturated rings. The number of hydrogen-bond acceptors (Lipinski definition) is 3. The van der Waals surface area contributed by atoms with Gasteiger partial charge in [0.25, 0.3) is 0 Å². The largest absolute Gasteiger partial charge is 0.303 e. The molecule has 26 heavy (non-hydrogen) atoms. The molecule has 4 heteroatoms. The molecule has 1 saturated heterocycles. The van der Waals surface area contributed by atoms with Gasteiger partial charge >= 0.3 is 0 Å². The summed E-state index contributed by atoms with van der Waals surface area (Å²) < 4.78 is 1.08. The van der Waals surface area contributed by atoms with E-state index in [0.29, 0.717) is 0 Å². The highest BCUT2D eigenvalue weighted by molar-refractivity contribution is 9.10. The van der Waals surface area contributed by atoms with Crippen molar-refractivity contribution in [3.8, 4) is 6.07 Å². The van der Waals surface area contributed by atoms with Crippen LogP contribution in [0.25, 0.3) is 0 Å². The van der Waals surface area contributed by atoms with Gasteiger partial charge in [-0.1, -0.05) is 52.7 Å². The lowest BCUT2D eigenvalue weighted by Gasteiger charge is -2.33. The molecule has 134 valence electrons. The molecule has 0 aliphatic carbocycles. The van der Waals surface area contributed by atoms with Crippen molar-refractivity contribution in [1.82, 2.24) is 4.90 Å². The van der Waals surface area contributed by atoms with Crippen LogP contribution in [0.5, 0.6) is 0 Å². The minimum absolute atomic E-state index is 0.562. The summed E-state index contributed by atoms with van der Waals surface area (Å²) in [6, 6.07) is 17.7. The second-order valence-electron chi connectivity index (χ2n) is 7.26. The highest BCUT2D eigenvalue weighted by Crippen LogP contribution is 2.47. The predicted octanol–water partition coefficient (Wildman–Crippen LogP) is 5.74. The fourth-order valence-electron chi connectivity index (χ4n) is 4.29. The van der Waals surface area contributed by atoms with Crippen LogP contribution in [0.4, 0.5) is 0 Å². The quantitative estimate of drug-likeness (QED) is 0.625. The summed E-state index contributed by atoms with van der Waals surface area (Å²) in [5.41, 5.74) is 3.11. The molecule has 0 saturated carbocycles. The van der Waals surface area contributed by atoms with Gasteiger partial charge in [-0.05, 0) is 61.2 Å². The lowest BCUT2D eigenvalue weighted by Crippen LogP contribution is -2.36. The van der Waals surface area contributed by atoms with Crippen molar-refractivity contribution in [2.75, 3.05) is 19.6 Å². The number of thioether (sulfide) groups is 1. The fourth-order valence-corrected chi connectivity index (χ4v) is 5.97. The van der Waals surface area contributed by atoms with Crippen molar-refractivity contribution in [2.24, 2.45) is 0 Å². The van der Waals surface area contributed by atoms with E-state index in [1.54, 1.807) is 0 Å². The maximum Gasteiger partial charge on any atom is 0.110 e. The highest BCUT2D eigenvalue weighted by Gasteiger charge is 2.40. The number of halogens is 1. The molecular weight excluding hydrogens is 404 g/mol. The first kappa shape index (κ1) is 18.1. The molecular formula is C22H23BrN2S. The summed E-state index contributed by atoms with van der Waals surface area (Å²) in [5.74, 6) is 0.923. The molecule has 2 nitrogen and oxygen atoms in total. The molecule has 0 amide bonds. The Morgan fingerprint density at radius 2 is 1.88 bits per heavy atom. The SMILES string of the molecule is N#CC1(CCN2CCCCC2)c2ccccc2CSc2cc(Br)ccc21. The number of piperidine rings is 1. The first-order valence-electron chi connectivity index (χ1n) is 9.38. The third-order valence-electron chi connectivity index (χ3n) is 5.71. The Labute approximate surface area is 168 Å². The van der Waals surface area contributed by atoms with Gasteiger partial charge in [0.15, 0.2) is 0 Å². The molecule has 2 aromatic carbocycles. The maximum absolute atomic E-state index is 10.5. The van der Waals surface area contributed by atoms with E-state index >= 15 is 0 Å². The number of likely N-dealkylation sites (tertiary alicyclic amines) is 1. The van der Waals surface area contributed by atoms with Gasteiger partial charge < -0.3 is 4.90 Å². The van der Waals surface area contributed by atoms with E-state index in [1.165, 1.54) is 53.9 Å². The summed E-state index contributed by atoms with van der Waals surface area (Å²) in [7, 11) is 0. The molecule has 0 aromatic heterocycles. The Morgan fingerprint density at radius 1 is 1.08 bits per heavy atom. The Bertz CT molecular complexity index is 838. The summed E-state index contributed by atoms with van der Waals surface area (Å²) in [6.45, 7) is 3.33. The molecule has 2 aliphatic rings. The zero-order chi connectivity index (χ0) is 18.0. The first-order valence-corrected chi connectivity index (χ1v) is 11.2. The van der Waals surface area contributed by atoms with Crippen LogP contribution in [0.3, 0.4) is 0 Å². The third-order valence-corrected chi connectivity index (χ3v) is 7.30. The van der Waals surface area contributed by atoms with E-state index in [1.807, 2.05) is 11.8 Å². The second-order valence-corrected chi connectivity index (χ2v) is 9.19. The van der Waals surface area contributed by atoms with Gasteiger partial charge in [-0.2, -0.15) is 5.26 Å². The predicted molar refractivity (Wildman–Crippen MR) is 111 cm³/mol. The van der Waals surface area contributed by atoms with Crippen molar-refractivity contribution < 1.29 is 0 Å². The van der Waals surface area contributed by atoms with Gasteiger partial charge in [0.1, 0.15) is 5.41 Å². The molecule has 2 aromatic rings. The Hall–Kier alpha value is -1.28. The number of hydrogen-bond donors (Lipinski definition) is 0. The molecule has 0 radical (unpaired) electrons. The molecule has 0 spiro atoms. The number of nitriles is 1. The van der Waals surface area contributed by atoms with Gasteiger partial charge in [-0.25, -0.2) is 0 Å². The van der Waals surface area contributed by atoms with Gasteiger partial charge in [-0.3, -0.25) is 0 Å². The minimum atomic E-state index is -0.562. The molecule has 1 unspecified atom stereocenters. The number of rotatable bonds is 3. The molecule has 2 heterocycles. The van der Waals surface area contributed by atoms with Crippen molar-refractivity contribution in [2.45, 2.75) is 41.7 Å². The van der Waals surface area contributed by atoms with Crippen LogP contribution in [0.1, 0.15) is 42.4 Å². The van der Waals surface area contributed by atoms with Gasteiger partial charge in [0, 0.05) is 21.7 Å². The average Bonchev–Trinajstić information content (AvgIpc) is 2.82. The zero-order valence-electron chi connectivity index (χ0n) is 14.9. The van der Waals surface area contributed by atoms with Crippen LogP contribution in [-0.4, -0.2) is 24.5 Å². The molecule has 2 aliphatic heterocycles. The lowest BCUT2D eigenvalue weighted by molar-refractivity contribution is 0.217. The van der Waals surface area contributed by atoms with Crippen LogP contribution >= 0.6 is 27.7 Å². The molecule has 0 bridgehead atoms. The van der Waals surface area contributed by atoms with Crippen LogP contribution in [0.15, 0.2) is 51.8 Å². The lowest BCUT2D eigenvalue weighted by atomic mass is 9.71. The van der Waals surface area contributed by atoms with Gasteiger partial charge in [-0.15, -0.1) is 11.8 Å². The Kier molecular flexibility index (Phi) is 5.40. The Morgan fingerprint density at radius 3 is 2.69 bits per heavy atom. The van der Waals surface area contributed by atoms with E-state index in [-0.39, 0.29) is 0 Å². The summed E-state index contributed by atoms with van der Waals surface area (Å²) >= 11 is 5.46. The van der Waals surface area contributed by atoms with E-state index in [2.05, 4.69) is 69.4 Å². The van der Waals surface area contributed by atoms with E-state index < -0.39 is 5.41 Å². The number of fused-ring (bicyclic) bond motifs is 2. The minimum Gasteiger partial charge on any atom is -0.303 e. The maximum atomic E-state index is 10.5. The van der Waals surface area contributed by atoms with Crippen molar-refractivity contribution in [3.63, 3.8) is 0 Å². The number of nitrogens with zero attached hydrogens (tertiary/aromatic N) is 2. The van der Waals surface area contributed by atoms with E-state index in [9.17, 15) is 5.26 Å². The normalized spacial score (nSPS) is 22.8. The second kappa shape index (κ2) is 7.76. The Balaban J connectivity index is 1.79. The zero-order valence-corrected chi connectivity index (χ0v) is 17.3. The van der Waals surface area contributed by atoms with Crippen molar-refractivity contribution in [1.29, 1.82) is 5.26 Å². The molecule has 0 N–H and O–H groups in total. The average molecular weight is 427 g/mol. The smallest absolute Gasteiger partial charge is 0.110 e. The fraction of sp³-hybridized carbons (Fsp3) is 0.409. The van der Waals surface area contributed by atoms with Crippen LogP contribution in [0, 0.1) is 11.3 Å². The van der Waals surface area contributed by atoms with Crippen LogP contribution < -0.4 is 0 Å². The van der Waals surface area contributed by atoms with E-state index in [0.717, 1.165) is 23.2 Å². The number of benzene rings is 2. The molecule has 4 rings (SSSR count). The highest BCUT2D eigenvalue weighted by atomic mass is 79.9. The first-order chi connectivity index (χ1) is 12.7. The van der Waals surface area contributed by atoms with E-state index in [4.69, 9.17) is 0 Å². The standard InChI is InChI=1S/C22H23BrN2S/c23-18-8-9-20-21(14-18)26-15-17-6-2-3-7-19(17)22(20,16-24)10-13-25-11-4-1-5-12-25/h2-3,6-9,14H,1,4-5,10-13,15H2. The van der Waals surface area contributed by atoms with Gasteiger partial charge in [0.2, 0.25) is 0 Å². The van der Waals surface area contributed by atoms with Crippen molar-refractivity contribution >= 4 is 27.7 Å². The van der Waals surface area contributed by atoms with Crippen LogP contribution in [-0.2, 0) is 11.2 Å². The summed E-state index contributed by atoms with van der Waals surface area (Å²) in [4.78, 5) is 3.78. The van der Waals surface area contributed by atoms with Crippen LogP contribution in [0.2, 0.25) is 0 Å². The third kappa shape index (κ3) is 3.33. The summed E-state index contributed by atoms with van der Waals surface area (Å²) in [6.07, 6.45) is 4.77.